The quantitative estimate of drug-likeness (QED) is 0.744. The van der Waals surface area contributed by atoms with E-state index in [0.29, 0.717) is 17.6 Å². The summed E-state index contributed by atoms with van der Waals surface area (Å²) in [6.07, 6.45) is 4.57. The number of carbonyl (C=O) groups excluding carboxylic acids is 1. The van der Waals surface area contributed by atoms with Gasteiger partial charge in [-0.15, -0.1) is 0 Å². The van der Waals surface area contributed by atoms with Crippen LogP contribution in [0.2, 0.25) is 5.02 Å². The maximum Gasteiger partial charge on any atom is 0.223 e. The minimum atomic E-state index is 0.0652. The van der Waals surface area contributed by atoms with Gasteiger partial charge in [0, 0.05) is 56.6 Å². The first-order valence-corrected chi connectivity index (χ1v) is 11.5. The van der Waals surface area contributed by atoms with Crippen LogP contribution in [-0.4, -0.2) is 62.1 Å². The van der Waals surface area contributed by atoms with Gasteiger partial charge in [0.15, 0.2) is 0 Å². The molecule has 1 aromatic carbocycles. The van der Waals surface area contributed by atoms with Crippen LogP contribution < -0.4 is 15.1 Å². The zero-order valence-electron chi connectivity index (χ0n) is 18.4. The molecule has 1 atom stereocenters. The van der Waals surface area contributed by atoms with E-state index < -0.39 is 0 Å². The van der Waals surface area contributed by atoms with Crippen molar-refractivity contribution in [3.05, 3.63) is 53.2 Å². The predicted molar refractivity (Wildman–Crippen MR) is 127 cm³/mol. The highest BCUT2D eigenvalue weighted by Crippen LogP contribution is 2.24. The molecule has 1 amide bonds. The molecule has 0 aliphatic carbocycles. The van der Waals surface area contributed by atoms with E-state index in [1.807, 2.05) is 12.1 Å². The van der Waals surface area contributed by atoms with E-state index in [9.17, 15) is 4.79 Å². The number of aromatic nitrogens is 1. The number of benzene rings is 1. The van der Waals surface area contributed by atoms with Crippen LogP contribution in [0.25, 0.3) is 0 Å². The highest BCUT2D eigenvalue weighted by Gasteiger charge is 2.26. The van der Waals surface area contributed by atoms with Gasteiger partial charge in [-0.05, 0) is 63.2 Å². The van der Waals surface area contributed by atoms with Crippen LogP contribution >= 0.6 is 11.6 Å². The first-order chi connectivity index (χ1) is 15.0. The fraction of sp³-hybridized carbons (Fsp3) is 0.500. The number of piperidine rings is 1. The molecule has 1 N–H and O–H groups in total. The molecule has 7 heteroatoms. The molecular weight excluding hydrogens is 410 g/mol. The SMILES string of the molecule is CN(C)C1CCN(c2ccc(CNC(=O)C3CCN(c4ccc(Cl)cn4)CC3)cc2)C1. The van der Waals surface area contributed by atoms with Crippen molar-refractivity contribution in [3.8, 4) is 0 Å². The fourth-order valence-corrected chi connectivity index (χ4v) is 4.59. The van der Waals surface area contributed by atoms with Crippen molar-refractivity contribution in [1.29, 1.82) is 0 Å². The third-order valence-electron chi connectivity index (χ3n) is 6.56. The van der Waals surface area contributed by atoms with Gasteiger partial charge in [-0.3, -0.25) is 4.79 Å². The Labute approximate surface area is 190 Å². The number of likely N-dealkylation sites (N-methyl/N-ethyl adjacent to an activating group) is 1. The molecule has 1 aromatic heterocycles. The second-order valence-electron chi connectivity index (χ2n) is 8.83. The molecule has 2 aliphatic heterocycles. The fourth-order valence-electron chi connectivity index (χ4n) is 4.48. The predicted octanol–water partition coefficient (Wildman–Crippen LogP) is 3.41. The largest absolute Gasteiger partial charge is 0.370 e. The lowest BCUT2D eigenvalue weighted by molar-refractivity contribution is -0.125. The molecule has 4 rings (SSSR count). The van der Waals surface area contributed by atoms with Crippen molar-refractivity contribution in [2.45, 2.75) is 31.8 Å². The van der Waals surface area contributed by atoms with Gasteiger partial charge in [-0.25, -0.2) is 4.98 Å². The first-order valence-electron chi connectivity index (χ1n) is 11.1. The Hall–Kier alpha value is -2.31. The number of anilines is 2. The number of carbonyl (C=O) groups is 1. The highest BCUT2D eigenvalue weighted by atomic mass is 35.5. The first kappa shape index (κ1) is 21.9. The number of pyridine rings is 1. The van der Waals surface area contributed by atoms with Crippen molar-refractivity contribution in [1.82, 2.24) is 15.2 Å². The molecule has 166 valence electrons. The second kappa shape index (κ2) is 9.88. The molecule has 6 nitrogen and oxygen atoms in total. The number of nitrogens with one attached hydrogen (secondary N) is 1. The van der Waals surface area contributed by atoms with E-state index >= 15 is 0 Å². The third-order valence-corrected chi connectivity index (χ3v) is 6.79. The molecule has 2 fully saturated rings. The van der Waals surface area contributed by atoms with Crippen LogP contribution in [0.1, 0.15) is 24.8 Å². The van der Waals surface area contributed by atoms with Gasteiger partial charge in [0.2, 0.25) is 5.91 Å². The summed E-state index contributed by atoms with van der Waals surface area (Å²) in [6, 6.07) is 13.0. The number of hydrogen-bond donors (Lipinski definition) is 1. The normalized spacial score (nSPS) is 19.8. The zero-order valence-corrected chi connectivity index (χ0v) is 19.2. The van der Waals surface area contributed by atoms with Gasteiger partial charge in [0.25, 0.3) is 0 Å². The van der Waals surface area contributed by atoms with Crippen molar-refractivity contribution in [3.63, 3.8) is 0 Å². The van der Waals surface area contributed by atoms with Crippen LogP contribution in [0.3, 0.4) is 0 Å². The standard InChI is InChI=1S/C24H32ClN5O/c1-28(2)22-11-14-30(17-22)21-6-3-18(4-7-21)15-27-24(31)19-9-12-29(13-10-19)23-8-5-20(25)16-26-23/h3-8,16,19,22H,9-15,17H2,1-2H3,(H,27,31). The van der Waals surface area contributed by atoms with Gasteiger partial charge in [-0.2, -0.15) is 0 Å². The number of amides is 1. The summed E-state index contributed by atoms with van der Waals surface area (Å²) in [4.78, 5) is 24.0. The third kappa shape index (κ3) is 5.49. The lowest BCUT2D eigenvalue weighted by Gasteiger charge is -2.32. The summed E-state index contributed by atoms with van der Waals surface area (Å²) < 4.78 is 0. The molecule has 2 saturated heterocycles. The van der Waals surface area contributed by atoms with Gasteiger partial charge >= 0.3 is 0 Å². The Kier molecular flexibility index (Phi) is 6.98. The van der Waals surface area contributed by atoms with E-state index in [2.05, 4.69) is 63.4 Å². The van der Waals surface area contributed by atoms with Crippen LogP contribution in [0.4, 0.5) is 11.5 Å². The summed E-state index contributed by atoms with van der Waals surface area (Å²) in [5.74, 6) is 1.15. The van der Waals surface area contributed by atoms with Crippen LogP contribution in [0.15, 0.2) is 42.6 Å². The molecule has 2 aliphatic rings. The summed E-state index contributed by atoms with van der Waals surface area (Å²) >= 11 is 5.92. The van der Waals surface area contributed by atoms with Crippen molar-refractivity contribution >= 4 is 29.0 Å². The van der Waals surface area contributed by atoms with Gasteiger partial charge in [0.05, 0.1) is 5.02 Å². The highest BCUT2D eigenvalue weighted by molar-refractivity contribution is 6.30. The molecule has 31 heavy (non-hydrogen) atoms. The van der Waals surface area contributed by atoms with Gasteiger partial charge < -0.3 is 20.0 Å². The Balaban J connectivity index is 1.22. The van der Waals surface area contributed by atoms with Crippen molar-refractivity contribution in [2.24, 2.45) is 5.92 Å². The van der Waals surface area contributed by atoms with E-state index in [1.165, 1.54) is 12.1 Å². The van der Waals surface area contributed by atoms with E-state index in [1.54, 1.807) is 6.20 Å². The van der Waals surface area contributed by atoms with E-state index in [4.69, 9.17) is 11.6 Å². The topological polar surface area (TPSA) is 51.7 Å². The van der Waals surface area contributed by atoms with Crippen LogP contribution in [0, 0.1) is 5.92 Å². The number of halogens is 1. The monoisotopic (exact) mass is 441 g/mol. The smallest absolute Gasteiger partial charge is 0.223 e. The summed E-state index contributed by atoms with van der Waals surface area (Å²) in [7, 11) is 4.30. The molecule has 0 saturated carbocycles. The Morgan fingerprint density at radius 2 is 1.77 bits per heavy atom. The van der Waals surface area contributed by atoms with Crippen molar-refractivity contribution < 1.29 is 4.79 Å². The zero-order chi connectivity index (χ0) is 21.8. The van der Waals surface area contributed by atoms with Crippen LogP contribution in [-0.2, 0) is 11.3 Å². The van der Waals surface area contributed by atoms with Crippen LogP contribution in [0.5, 0.6) is 0 Å². The van der Waals surface area contributed by atoms with Crippen molar-refractivity contribution in [2.75, 3.05) is 50.1 Å². The van der Waals surface area contributed by atoms with Gasteiger partial charge in [0.1, 0.15) is 5.82 Å². The van der Waals surface area contributed by atoms with E-state index in [-0.39, 0.29) is 11.8 Å². The molecule has 2 aromatic rings. The summed E-state index contributed by atoms with van der Waals surface area (Å²) in [6.45, 7) is 4.44. The number of rotatable bonds is 6. The Morgan fingerprint density at radius 3 is 2.39 bits per heavy atom. The average molecular weight is 442 g/mol. The minimum absolute atomic E-state index is 0.0652. The number of nitrogens with zero attached hydrogens (tertiary/aromatic N) is 4. The Morgan fingerprint density at radius 1 is 1.06 bits per heavy atom. The molecule has 0 spiro atoms. The van der Waals surface area contributed by atoms with E-state index in [0.717, 1.165) is 50.4 Å². The molecule has 0 radical (unpaired) electrons. The second-order valence-corrected chi connectivity index (χ2v) is 9.27. The maximum absolute atomic E-state index is 12.7. The molecule has 0 bridgehead atoms. The molecule has 1 unspecified atom stereocenters. The summed E-state index contributed by atoms with van der Waals surface area (Å²) in [5.41, 5.74) is 2.41. The lowest BCUT2D eigenvalue weighted by Crippen LogP contribution is -2.40. The number of hydrogen-bond acceptors (Lipinski definition) is 5. The molecule has 3 heterocycles. The Bertz CT molecular complexity index is 863. The average Bonchev–Trinajstić information content (AvgIpc) is 3.29. The minimum Gasteiger partial charge on any atom is -0.370 e. The summed E-state index contributed by atoms with van der Waals surface area (Å²) in [5, 5.41) is 3.77. The maximum atomic E-state index is 12.7. The lowest BCUT2D eigenvalue weighted by atomic mass is 9.96. The van der Waals surface area contributed by atoms with Gasteiger partial charge in [-0.1, -0.05) is 23.7 Å². The molecular formula is C24H32ClN5O.